The summed E-state index contributed by atoms with van der Waals surface area (Å²) in [7, 11) is -3.41. The molecule has 4 nitrogen and oxygen atoms in total. The molecular formula is C18H22ClN2O2S+. The van der Waals surface area contributed by atoms with Gasteiger partial charge in [0.15, 0.2) is 0 Å². The minimum atomic E-state index is -3.41. The Hall–Kier alpha value is -1.40. The monoisotopic (exact) mass is 365 g/mol. The Morgan fingerprint density at radius 3 is 2.21 bits per heavy atom. The molecule has 128 valence electrons. The van der Waals surface area contributed by atoms with Gasteiger partial charge < -0.3 is 4.90 Å². The highest BCUT2D eigenvalue weighted by Gasteiger charge is 2.30. The van der Waals surface area contributed by atoms with Crippen molar-refractivity contribution in [2.75, 3.05) is 32.7 Å². The smallest absolute Gasteiger partial charge is 0.243 e. The van der Waals surface area contributed by atoms with E-state index >= 15 is 0 Å². The van der Waals surface area contributed by atoms with Crippen LogP contribution in [0.5, 0.6) is 0 Å². The van der Waals surface area contributed by atoms with Crippen LogP contribution in [0.2, 0.25) is 5.02 Å². The minimum Gasteiger partial charge on any atom is -0.332 e. The summed E-state index contributed by atoms with van der Waals surface area (Å²) < 4.78 is 26.9. The number of sulfonamides is 1. The van der Waals surface area contributed by atoms with Crippen LogP contribution in [0.25, 0.3) is 0 Å². The third kappa shape index (κ3) is 4.16. The highest BCUT2D eigenvalue weighted by molar-refractivity contribution is 7.89. The predicted molar refractivity (Wildman–Crippen MR) is 95.9 cm³/mol. The molecule has 0 aromatic heterocycles. The van der Waals surface area contributed by atoms with Gasteiger partial charge in [0.1, 0.15) is 0 Å². The lowest BCUT2D eigenvalue weighted by Gasteiger charge is -2.31. The van der Waals surface area contributed by atoms with Gasteiger partial charge in [-0.2, -0.15) is 4.31 Å². The first-order chi connectivity index (χ1) is 11.6. The van der Waals surface area contributed by atoms with Crippen LogP contribution in [-0.4, -0.2) is 45.4 Å². The summed E-state index contributed by atoms with van der Waals surface area (Å²) in [5.41, 5.74) is 1.33. The van der Waals surface area contributed by atoms with Gasteiger partial charge in [-0.05, 0) is 29.8 Å². The second kappa shape index (κ2) is 7.66. The Morgan fingerprint density at radius 2 is 1.58 bits per heavy atom. The molecule has 3 rings (SSSR count). The molecule has 1 aliphatic rings. The predicted octanol–water partition coefficient (Wildman–Crippen LogP) is 1.47. The summed E-state index contributed by atoms with van der Waals surface area (Å²) in [6, 6.07) is 16.8. The first-order valence-electron chi connectivity index (χ1n) is 8.19. The maximum Gasteiger partial charge on any atom is 0.243 e. The van der Waals surface area contributed by atoms with E-state index in [9.17, 15) is 8.42 Å². The van der Waals surface area contributed by atoms with Crippen LogP contribution in [0.4, 0.5) is 0 Å². The standard InChI is InChI=1S/C18H21ClN2O2S/c19-17-6-8-18(9-7-17)24(22,23)21-14-12-20(13-15-21)11-10-16-4-2-1-3-5-16/h1-9H,10-15H2/p+1. The number of hydrogen-bond acceptors (Lipinski definition) is 2. The molecule has 2 aromatic rings. The molecular weight excluding hydrogens is 344 g/mol. The number of nitrogens with zero attached hydrogens (tertiary/aromatic N) is 1. The van der Waals surface area contributed by atoms with Crippen LogP contribution >= 0.6 is 11.6 Å². The molecule has 0 spiro atoms. The van der Waals surface area contributed by atoms with E-state index in [0.717, 1.165) is 26.1 Å². The van der Waals surface area contributed by atoms with Crippen molar-refractivity contribution in [3.63, 3.8) is 0 Å². The van der Waals surface area contributed by atoms with Crippen molar-refractivity contribution in [1.29, 1.82) is 0 Å². The Morgan fingerprint density at radius 1 is 0.958 bits per heavy atom. The van der Waals surface area contributed by atoms with E-state index in [0.29, 0.717) is 23.0 Å². The first kappa shape index (κ1) is 17.4. The van der Waals surface area contributed by atoms with Crippen LogP contribution in [0.15, 0.2) is 59.5 Å². The maximum atomic E-state index is 12.7. The summed E-state index contributed by atoms with van der Waals surface area (Å²) in [5.74, 6) is 0. The zero-order chi connectivity index (χ0) is 17.0. The van der Waals surface area contributed by atoms with Crippen LogP contribution in [-0.2, 0) is 16.4 Å². The molecule has 0 aliphatic carbocycles. The number of halogens is 1. The van der Waals surface area contributed by atoms with Crippen molar-refractivity contribution in [3.05, 3.63) is 65.2 Å². The molecule has 1 N–H and O–H groups in total. The van der Waals surface area contributed by atoms with Crippen molar-refractivity contribution >= 4 is 21.6 Å². The fraction of sp³-hybridized carbons (Fsp3) is 0.333. The lowest BCUT2D eigenvalue weighted by atomic mass is 10.1. The van der Waals surface area contributed by atoms with E-state index in [-0.39, 0.29) is 0 Å². The van der Waals surface area contributed by atoms with Gasteiger partial charge in [0.25, 0.3) is 0 Å². The molecule has 24 heavy (non-hydrogen) atoms. The van der Waals surface area contributed by atoms with Crippen molar-refractivity contribution in [2.24, 2.45) is 0 Å². The fourth-order valence-electron chi connectivity index (χ4n) is 3.01. The van der Waals surface area contributed by atoms with E-state index in [1.165, 1.54) is 10.5 Å². The normalized spacial score (nSPS) is 17.0. The summed E-state index contributed by atoms with van der Waals surface area (Å²) in [4.78, 5) is 1.78. The van der Waals surface area contributed by atoms with E-state index in [1.54, 1.807) is 28.6 Å². The fourth-order valence-corrected chi connectivity index (χ4v) is 4.58. The quantitative estimate of drug-likeness (QED) is 0.871. The molecule has 0 bridgehead atoms. The Kier molecular flexibility index (Phi) is 5.56. The zero-order valence-corrected chi connectivity index (χ0v) is 15.1. The Balaban J connectivity index is 1.55. The van der Waals surface area contributed by atoms with Crippen molar-refractivity contribution in [3.8, 4) is 0 Å². The van der Waals surface area contributed by atoms with Crippen molar-refractivity contribution < 1.29 is 13.3 Å². The number of benzene rings is 2. The summed E-state index contributed by atoms with van der Waals surface area (Å²) in [6.45, 7) is 3.86. The third-order valence-corrected chi connectivity index (χ3v) is 6.66. The van der Waals surface area contributed by atoms with Crippen LogP contribution in [0.1, 0.15) is 5.56 Å². The van der Waals surface area contributed by atoms with Crippen molar-refractivity contribution in [1.82, 2.24) is 4.31 Å². The van der Waals surface area contributed by atoms with Gasteiger partial charge in [-0.1, -0.05) is 41.9 Å². The molecule has 0 saturated carbocycles. The van der Waals surface area contributed by atoms with Gasteiger partial charge in [-0.15, -0.1) is 0 Å². The molecule has 1 heterocycles. The van der Waals surface area contributed by atoms with Crippen molar-refractivity contribution in [2.45, 2.75) is 11.3 Å². The summed E-state index contributed by atoms with van der Waals surface area (Å²) >= 11 is 5.84. The third-order valence-electron chi connectivity index (χ3n) is 4.49. The molecule has 6 heteroatoms. The lowest BCUT2D eigenvalue weighted by Crippen LogP contribution is -3.15. The second-order valence-corrected chi connectivity index (χ2v) is 8.47. The highest BCUT2D eigenvalue weighted by atomic mass is 35.5. The van der Waals surface area contributed by atoms with Gasteiger partial charge in [0.05, 0.1) is 37.6 Å². The molecule has 0 amide bonds. The number of quaternary nitrogens is 1. The Bertz CT molecular complexity index is 755. The lowest BCUT2D eigenvalue weighted by molar-refractivity contribution is -0.903. The Labute approximate surface area is 148 Å². The highest BCUT2D eigenvalue weighted by Crippen LogP contribution is 2.18. The van der Waals surface area contributed by atoms with E-state index in [2.05, 4.69) is 24.3 Å². The molecule has 1 fully saturated rings. The molecule has 1 aliphatic heterocycles. The molecule has 0 atom stereocenters. The molecule has 1 saturated heterocycles. The summed E-state index contributed by atoms with van der Waals surface area (Å²) in [6.07, 6.45) is 1.03. The number of hydrogen-bond donors (Lipinski definition) is 1. The number of nitrogens with one attached hydrogen (secondary N) is 1. The zero-order valence-electron chi connectivity index (χ0n) is 13.5. The SMILES string of the molecule is O=S(=O)(c1ccc(Cl)cc1)N1CC[NH+](CCc2ccccc2)CC1. The van der Waals surface area contributed by atoms with Crippen LogP contribution in [0, 0.1) is 0 Å². The van der Waals surface area contributed by atoms with Crippen LogP contribution < -0.4 is 4.90 Å². The van der Waals surface area contributed by atoms with E-state index in [1.807, 2.05) is 6.07 Å². The minimum absolute atomic E-state index is 0.319. The maximum absolute atomic E-state index is 12.7. The number of piperazine rings is 1. The van der Waals surface area contributed by atoms with Gasteiger partial charge in [0.2, 0.25) is 10.0 Å². The van der Waals surface area contributed by atoms with E-state index < -0.39 is 10.0 Å². The van der Waals surface area contributed by atoms with Gasteiger partial charge in [-0.25, -0.2) is 8.42 Å². The molecule has 2 aromatic carbocycles. The van der Waals surface area contributed by atoms with Gasteiger partial charge in [-0.3, -0.25) is 0 Å². The number of rotatable bonds is 5. The van der Waals surface area contributed by atoms with E-state index in [4.69, 9.17) is 11.6 Å². The first-order valence-corrected chi connectivity index (χ1v) is 10.0. The average molecular weight is 366 g/mol. The topological polar surface area (TPSA) is 41.8 Å². The van der Waals surface area contributed by atoms with Crippen LogP contribution in [0.3, 0.4) is 0 Å². The molecule has 0 unspecified atom stereocenters. The van der Waals surface area contributed by atoms with Gasteiger partial charge >= 0.3 is 0 Å². The second-order valence-electron chi connectivity index (χ2n) is 6.09. The largest absolute Gasteiger partial charge is 0.332 e. The average Bonchev–Trinajstić information content (AvgIpc) is 2.61. The van der Waals surface area contributed by atoms with Gasteiger partial charge in [0, 0.05) is 11.4 Å². The molecule has 0 radical (unpaired) electrons. The summed E-state index contributed by atoms with van der Waals surface area (Å²) in [5, 5.41) is 0.545.